The summed E-state index contributed by atoms with van der Waals surface area (Å²) in [6, 6.07) is 7.49. The van der Waals surface area contributed by atoms with Crippen LogP contribution in [-0.2, 0) is 14.0 Å². The lowest BCUT2D eigenvalue weighted by atomic mass is 9.90. The van der Waals surface area contributed by atoms with E-state index >= 15 is 0 Å². The predicted octanol–water partition coefficient (Wildman–Crippen LogP) is 5.60. The maximum absolute atomic E-state index is 13.0. The minimum Gasteiger partial charge on any atom is -0.449 e. The molecule has 0 saturated carbocycles. The summed E-state index contributed by atoms with van der Waals surface area (Å²) >= 11 is 0. The molecule has 156 valence electrons. The Morgan fingerprint density at radius 1 is 1.11 bits per heavy atom. The summed E-state index contributed by atoms with van der Waals surface area (Å²) in [5.41, 5.74) is 3.07. The van der Waals surface area contributed by atoms with Crippen molar-refractivity contribution in [2.24, 2.45) is 0 Å². The summed E-state index contributed by atoms with van der Waals surface area (Å²) in [5.74, 6) is -0.288. The summed E-state index contributed by atoms with van der Waals surface area (Å²) in [6.07, 6.45) is -1.23. The summed E-state index contributed by atoms with van der Waals surface area (Å²) in [7, 11) is -2.27. The number of imide groups is 1. The lowest BCUT2D eigenvalue weighted by molar-refractivity contribution is -0.161. The standard InChI is InChI=1S/C22H35NO4Si/c1-9-26-22(25)23-19(18-12-10-11-17(8)13-18)20(21(23)24)27-28(14(2)3,15(4)5)16(6)7/h10-16,19-20H,9H2,1-8H3/t19-,20+/m0/s1. The quantitative estimate of drug-likeness (QED) is 0.438. The van der Waals surface area contributed by atoms with Crippen molar-refractivity contribution in [2.45, 2.75) is 84.2 Å². The molecule has 6 heteroatoms. The van der Waals surface area contributed by atoms with Gasteiger partial charge < -0.3 is 9.16 Å². The third-order valence-corrected chi connectivity index (χ3v) is 12.0. The molecule has 0 N–H and O–H groups in total. The van der Waals surface area contributed by atoms with E-state index in [2.05, 4.69) is 41.5 Å². The lowest BCUT2D eigenvalue weighted by Crippen LogP contribution is -2.66. The number of aryl methyl sites for hydroxylation is 1. The van der Waals surface area contributed by atoms with Crippen molar-refractivity contribution < 1.29 is 18.8 Å². The molecule has 2 rings (SSSR count). The van der Waals surface area contributed by atoms with Crippen LogP contribution in [0.1, 0.15) is 65.6 Å². The third kappa shape index (κ3) is 3.89. The fraction of sp³-hybridized carbons (Fsp3) is 0.636. The first-order valence-electron chi connectivity index (χ1n) is 10.3. The second kappa shape index (κ2) is 8.78. The van der Waals surface area contributed by atoms with E-state index in [0.29, 0.717) is 16.6 Å². The minimum absolute atomic E-state index is 0.233. The molecule has 1 heterocycles. The number of β-lactam (4-membered cyclic amide) rings is 1. The first kappa shape index (κ1) is 22.6. The van der Waals surface area contributed by atoms with E-state index in [1.807, 2.05) is 31.2 Å². The van der Waals surface area contributed by atoms with Crippen LogP contribution in [0.3, 0.4) is 0 Å². The van der Waals surface area contributed by atoms with E-state index in [1.165, 1.54) is 4.90 Å². The van der Waals surface area contributed by atoms with E-state index in [1.54, 1.807) is 6.92 Å². The zero-order valence-electron chi connectivity index (χ0n) is 18.5. The summed E-state index contributed by atoms with van der Waals surface area (Å²) < 4.78 is 11.9. The fourth-order valence-corrected chi connectivity index (χ4v) is 10.3. The van der Waals surface area contributed by atoms with E-state index in [-0.39, 0.29) is 12.5 Å². The Hall–Kier alpha value is -1.66. The number of rotatable bonds is 7. The Kier molecular flexibility index (Phi) is 7.10. The molecule has 5 nitrogen and oxygen atoms in total. The normalized spacial score (nSPS) is 20.1. The number of carbonyl (C=O) groups is 2. The summed E-state index contributed by atoms with van der Waals surface area (Å²) in [6.45, 7) is 17.1. The topological polar surface area (TPSA) is 55.8 Å². The Bertz CT molecular complexity index is 694. The van der Waals surface area contributed by atoms with Gasteiger partial charge in [-0.3, -0.25) is 4.79 Å². The Morgan fingerprint density at radius 3 is 2.14 bits per heavy atom. The number of carbonyl (C=O) groups excluding carboxylic acids is 2. The highest BCUT2D eigenvalue weighted by Crippen LogP contribution is 2.48. The van der Waals surface area contributed by atoms with Gasteiger partial charge in [0.2, 0.25) is 8.32 Å². The van der Waals surface area contributed by atoms with Gasteiger partial charge in [-0.2, -0.15) is 0 Å². The molecule has 2 amide bonds. The van der Waals surface area contributed by atoms with Gasteiger partial charge in [-0.15, -0.1) is 0 Å². The molecule has 0 aromatic heterocycles. The number of hydrogen-bond acceptors (Lipinski definition) is 4. The van der Waals surface area contributed by atoms with Gasteiger partial charge >= 0.3 is 6.09 Å². The molecule has 0 spiro atoms. The molecule has 28 heavy (non-hydrogen) atoms. The van der Waals surface area contributed by atoms with Crippen molar-refractivity contribution in [1.82, 2.24) is 4.90 Å². The molecule has 2 atom stereocenters. The number of nitrogens with zero attached hydrogens (tertiary/aromatic N) is 1. The zero-order valence-corrected chi connectivity index (χ0v) is 19.5. The minimum atomic E-state index is -2.27. The maximum Gasteiger partial charge on any atom is 0.417 e. The zero-order chi connectivity index (χ0) is 21.2. The van der Waals surface area contributed by atoms with E-state index in [0.717, 1.165) is 11.1 Å². The molecule has 1 aliphatic rings. The third-order valence-electron chi connectivity index (χ3n) is 5.93. The molecule has 0 unspecified atom stereocenters. The van der Waals surface area contributed by atoms with Gasteiger partial charge in [-0.25, -0.2) is 9.69 Å². The Balaban J connectivity index is 2.46. The van der Waals surface area contributed by atoms with Crippen molar-refractivity contribution in [3.8, 4) is 0 Å². The van der Waals surface area contributed by atoms with Crippen LogP contribution in [0.2, 0.25) is 16.6 Å². The average Bonchev–Trinajstić information content (AvgIpc) is 2.59. The van der Waals surface area contributed by atoms with Crippen molar-refractivity contribution in [1.29, 1.82) is 0 Å². The molecule has 1 aliphatic heterocycles. The molecular formula is C22H35NO4Si. The summed E-state index contributed by atoms with van der Waals surface area (Å²) in [4.78, 5) is 26.7. The van der Waals surface area contributed by atoms with Crippen LogP contribution in [0, 0.1) is 6.92 Å². The molecule has 1 aromatic carbocycles. The highest BCUT2D eigenvalue weighted by molar-refractivity contribution is 6.77. The van der Waals surface area contributed by atoms with Gasteiger partial charge in [0.15, 0.2) is 6.10 Å². The molecule has 0 radical (unpaired) electrons. The van der Waals surface area contributed by atoms with Gasteiger partial charge in [0.25, 0.3) is 5.91 Å². The SMILES string of the molecule is CCOC(=O)N1C(=O)[C@H](O[Si](C(C)C)(C(C)C)C(C)C)[C@@H]1c1cccc(C)c1. The predicted molar refractivity (Wildman–Crippen MR) is 114 cm³/mol. The van der Waals surface area contributed by atoms with Crippen LogP contribution >= 0.6 is 0 Å². The smallest absolute Gasteiger partial charge is 0.417 e. The Morgan fingerprint density at radius 2 is 1.68 bits per heavy atom. The van der Waals surface area contributed by atoms with Gasteiger partial charge in [0, 0.05) is 0 Å². The lowest BCUT2D eigenvalue weighted by Gasteiger charge is -2.51. The number of benzene rings is 1. The average molecular weight is 406 g/mol. The van der Waals surface area contributed by atoms with E-state index in [9.17, 15) is 9.59 Å². The number of likely N-dealkylation sites (tertiary alicyclic amines) is 1. The first-order chi connectivity index (χ1) is 13.1. The van der Waals surface area contributed by atoms with Gasteiger partial charge in [-0.05, 0) is 36.0 Å². The van der Waals surface area contributed by atoms with Gasteiger partial charge in [0.05, 0.1) is 6.61 Å². The van der Waals surface area contributed by atoms with Crippen molar-refractivity contribution in [3.05, 3.63) is 35.4 Å². The van der Waals surface area contributed by atoms with Crippen LogP contribution in [0.15, 0.2) is 24.3 Å². The molecular weight excluding hydrogens is 370 g/mol. The van der Waals surface area contributed by atoms with Crippen molar-refractivity contribution in [2.75, 3.05) is 6.61 Å². The maximum atomic E-state index is 13.0. The largest absolute Gasteiger partial charge is 0.449 e. The molecule has 1 aromatic rings. The summed E-state index contributed by atoms with van der Waals surface area (Å²) in [5, 5.41) is 0. The van der Waals surface area contributed by atoms with Crippen molar-refractivity contribution >= 4 is 20.3 Å². The van der Waals surface area contributed by atoms with Crippen LogP contribution in [0.25, 0.3) is 0 Å². The number of amides is 2. The van der Waals surface area contributed by atoms with Crippen LogP contribution in [-0.4, -0.2) is 37.9 Å². The molecule has 0 aliphatic carbocycles. The van der Waals surface area contributed by atoms with E-state index < -0.39 is 26.6 Å². The molecule has 0 bridgehead atoms. The molecule has 1 fully saturated rings. The van der Waals surface area contributed by atoms with Crippen LogP contribution < -0.4 is 0 Å². The van der Waals surface area contributed by atoms with Crippen LogP contribution in [0.4, 0.5) is 4.79 Å². The molecule has 1 saturated heterocycles. The highest BCUT2D eigenvalue weighted by atomic mass is 28.4. The highest BCUT2D eigenvalue weighted by Gasteiger charge is 2.58. The second-order valence-electron chi connectivity index (χ2n) is 8.62. The number of ether oxygens (including phenoxy) is 1. The Labute approximate surface area is 170 Å². The number of hydrogen-bond donors (Lipinski definition) is 0. The van der Waals surface area contributed by atoms with Crippen LogP contribution in [0.5, 0.6) is 0 Å². The monoisotopic (exact) mass is 405 g/mol. The van der Waals surface area contributed by atoms with E-state index in [4.69, 9.17) is 9.16 Å². The first-order valence-corrected chi connectivity index (χ1v) is 12.5. The van der Waals surface area contributed by atoms with Gasteiger partial charge in [0.1, 0.15) is 6.04 Å². The second-order valence-corrected chi connectivity index (χ2v) is 14.0. The fourth-order valence-electron chi connectivity index (χ4n) is 4.78. The van der Waals surface area contributed by atoms with Crippen molar-refractivity contribution in [3.63, 3.8) is 0 Å². The van der Waals surface area contributed by atoms with Gasteiger partial charge in [-0.1, -0.05) is 71.4 Å².